The maximum Gasteiger partial charge on any atom is 0.422 e. The quantitative estimate of drug-likeness (QED) is 0.717. The lowest BCUT2D eigenvalue weighted by Crippen LogP contribution is -2.39. The van der Waals surface area contributed by atoms with Gasteiger partial charge < -0.3 is 5.11 Å². The van der Waals surface area contributed by atoms with Gasteiger partial charge in [0.1, 0.15) is 5.82 Å². The van der Waals surface area contributed by atoms with Crippen LogP contribution in [0.2, 0.25) is 0 Å². The fraction of sp³-hybridized carbons (Fsp3) is 0.375. The van der Waals surface area contributed by atoms with Gasteiger partial charge in [0.2, 0.25) is 0 Å². The summed E-state index contributed by atoms with van der Waals surface area (Å²) >= 11 is 0. The third-order valence-corrected chi connectivity index (χ3v) is 1.78. The fourth-order valence-corrected chi connectivity index (χ4v) is 0.809. The molecule has 1 aromatic heterocycles. The van der Waals surface area contributed by atoms with Gasteiger partial charge in [-0.3, -0.25) is 4.98 Å². The Bertz CT molecular complexity index is 317. The van der Waals surface area contributed by atoms with E-state index in [1.54, 1.807) is 0 Å². The van der Waals surface area contributed by atoms with Crippen molar-refractivity contribution >= 4 is 0 Å². The zero-order valence-electron chi connectivity index (χ0n) is 7.14. The van der Waals surface area contributed by atoms with Crippen LogP contribution in [0.25, 0.3) is 0 Å². The lowest BCUT2D eigenvalue weighted by atomic mass is 10.0. The highest BCUT2D eigenvalue weighted by molar-refractivity contribution is 5.14. The molecule has 0 radical (unpaired) electrons. The van der Waals surface area contributed by atoms with Gasteiger partial charge in [-0.15, -0.1) is 0 Å². The van der Waals surface area contributed by atoms with Gasteiger partial charge in [-0.2, -0.15) is 13.2 Å². The van der Waals surface area contributed by atoms with Crippen LogP contribution in [0.15, 0.2) is 18.3 Å². The second kappa shape index (κ2) is 3.20. The zero-order valence-corrected chi connectivity index (χ0v) is 7.14. The summed E-state index contributed by atoms with van der Waals surface area (Å²) in [6.07, 6.45) is -4.21. The van der Waals surface area contributed by atoms with Crippen LogP contribution < -0.4 is 0 Å². The van der Waals surface area contributed by atoms with Gasteiger partial charge >= 0.3 is 6.18 Å². The van der Waals surface area contributed by atoms with E-state index in [0.29, 0.717) is 13.1 Å². The first-order valence-corrected chi connectivity index (χ1v) is 3.66. The SMILES string of the molecule is CC(O)(c1ccc(F)cn1)C(F)(F)F. The van der Waals surface area contributed by atoms with Crippen LogP contribution in [0.5, 0.6) is 0 Å². The summed E-state index contributed by atoms with van der Waals surface area (Å²) in [5.74, 6) is -0.758. The number of nitrogens with zero attached hydrogens (tertiary/aromatic N) is 1. The molecular weight excluding hydrogens is 202 g/mol. The van der Waals surface area contributed by atoms with Crippen molar-refractivity contribution in [3.8, 4) is 0 Å². The summed E-state index contributed by atoms with van der Waals surface area (Å²) in [5.41, 5.74) is -3.69. The van der Waals surface area contributed by atoms with E-state index in [-0.39, 0.29) is 0 Å². The van der Waals surface area contributed by atoms with E-state index in [1.165, 1.54) is 0 Å². The first-order chi connectivity index (χ1) is 6.25. The minimum Gasteiger partial charge on any atom is -0.375 e. The molecule has 78 valence electrons. The molecule has 1 heterocycles. The van der Waals surface area contributed by atoms with Gasteiger partial charge in [0, 0.05) is 0 Å². The van der Waals surface area contributed by atoms with Crippen molar-refractivity contribution in [3.05, 3.63) is 29.8 Å². The molecule has 1 atom stereocenters. The number of rotatable bonds is 1. The number of hydrogen-bond donors (Lipinski definition) is 1. The molecule has 6 heteroatoms. The van der Waals surface area contributed by atoms with Gasteiger partial charge in [0.15, 0.2) is 5.60 Å². The summed E-state index contributed by atoms with van der Waals surface area (Å²) in [6, 6.07) is 1.60. The van der Waals surface area contributed by atoms with Crippen LogP contribution in [0.3, 0.4) is 0 Å². The molecule has 1 unspecified atom stereocenters. The smallest absolute Gasteiger partial charge is 0.375 e. The lowest BCUT2D eigenvalue weighted by molar-refractivity contribution is -0.260. The maximum atomic E-state index is 12.3. The number of alkyl halides is 3. The highest BCUT2D eigenvalue weighted by atomic mass is 19.4. The van der Waals surface area contributed by atoms with Crippen molar-refractivity contribution in [2.45, 2.75) is 18.7 Å². The number of aliphatic hydroxyl groups is 1. The second-order valence-corrected chi connectivity index (χ2v) is 2.93. The minimum absolute atomic E-state index is 0.563. The molecule has 0 saturated carbocycles. The van der Waals surface area contributed by atoms with Crippen LogP contribution in [-0.4, -0.2) is 16.3 Å². The molecule has 0 aliphatic carbocycles. The summed E-state index contributed by atoms with van der Waals surface area (Å²) in [7, 11) is 0. The minimum atomic E-state index is -4.84. The van der Waals surface area contributed by atoms with E-state index >= 15 is 0 Å². The molecule has 0 spiro atoms. The molecule has 0 aliphatic rings. The Morgan fingerprint density at radius 1 is 1.29 bits per heavy atom. The Morgan fingerprint density at radius 2 is 1.86 bits per heavy atom. The van der Waals surface area contributed by atoms with E-state index in [1.807, 2.05) is 0 Å². The van der Waals surface area contributed by atoms with Crippen molar-refractivity contribution in [1.82, 2.24) is 4.98 Å². The van der Waals surface area contributed by atoms with E-state index in [2.05, 4.69) is 4.98 Å². The first kappa shape index (κ1) is 10.9. The van der Waals surface area contributed by atoms with E-state index in [0.717, 1.165) is 12.1 Å². The van der Waals surface area contributed by atoms with Crippen LogP contribution in [-0.2, 0) is 5.60 Å². The summed E-state index contributed by atoms with van der Waals surface area (Å²) in [5, 5.41) is 9.10. The Balaban J connectivity index is 3.10. The van der Waals surface area contributed by atoms with Gasteiger partial charge in [0.25, 0.3) is 0 Å². The molecular formula is C8H7F4NO. The third-order valence-electron chi connectivity index (χ3n) is 1.78. The number of pyridine rings is 1. The van der Waals surface area contributed by atoms with E-state index in [4.69, 9.17) is 5.11 Å². The Morgan fingerprint density at radius 3 is 2.21 bits per heavy atom. The van der Waals surface area contributed by atoms with Crippen LogP contribution >= 0.6 is 0 Å². The molecule has 0 saturated heterocycles. The molecule has 0 aromatic carbocycles. The summed E-state index contributed by atoms with van der Waals surface area (Å²) in [6.45, 7) is 0.563. The lowest BCUT2D eigenvalue weighted by Gasteiger charge is -2.25. The average Bonchev–Trinajstić information content (AvgIpc) is 2.03. The monoisotopic (exact) mass is 209 g/mol. The molecule has 0 aliphatic heterocycles. The standard InChI is InChI=1S/C8H7F4NO/c1-7(14,8(10,11)12)6-3-2-5(9)4-13-6/h2-4,14H,1H3. The molecule has 1 N–H and O–H groups in total. The number of halogens is 4. The van der Waals surface area contributed by atoms with Gasteiger partial charge in [0.05, 0.1) is 11.9 Å². The number of hydrogen-bond acceptors (Lipinski definition) is 2. The van der Waals surface area contributed by atoms with E-state index < -0.39 is 23.3 Å². The van der Waals surface area contributed by atoms with Crippen molar-refractivity contribution in [1.29, 1.82) is 0 Å². The Labute approximate surface area is 77.2 Å². The van der Waals surface area contributed by atoms with Crippen molar-refractivity contribution in [2.75, 3.05) is 0 Å². The normalized spacial score (nSPS) is 16.4. The second-order valence-electron chi connectivity index (χ2n) is 2.93. The van der Waals surface area contributed by atoms with Crippen molar-refractivity contribution in [2.24, 2.45) is 0 Å². The maximum absolute atomic E-state index is 12.3. The van der Waals surface area contributed by atoms with Crippen LogP contribution in [0.1, 0.15) is 12.6 Å². The highest BCUT2D eigenvalue weighted by Crippen LogP contribution is 2.37. The van der Waals surface area contributed by atoms with Gasteiger partial charge in [-0.05, 0) is 19.1 Å². The predicted molar refractivity (Wildman–Crippen MR) is 39.8 cm³/mol. The first-order valence-electron chi connectivity index (χ1n) is 3.66. The Hall–Kier alpha value is -1.17. The number of aromatic nitrogens is 1. The van der Waals surface area contributed by atoms with Crippen LogP contribution in [0.4, 0.5) is 17.6 Å². The van der Waals surface area contributed by atoms with Crippen molar-refractivity contribution < 1.29 is 22.7 Å². The predicted octanol–water partition coefficient (Wildman–Crippen LogP) is 1.99. The molecule has 0 amide bonds. The summed E-state index contributed by atoms with van der Waals surface area (Å²) < 4.78 is 49.1. The molecule has 2 nitrogen and oxygen atoms in total. The van der Waals surface area contributed by atoms with Gasteiger partial charge in [-0.25, -0.2) is 4.39 Å². The molecule has 1 rings (SSSR count). The van der Waals surface area contributed by atoms with E-state index in [9.17, 15) is 17.6 Å². The molecule has 0 bridgehead atoms. The molecule has 14 heavy (non-hydrogen) atoms. The largest absolute Gasteiger partial charge is 0.422 e. The summed E-state index contributed by atoms with van der Waals surface area (Å²) in [4.78, 5) is 3.17. The zero-order chi connectivity index (χ0) is 11.0. The molecule has 0 fully saturated rings. The topological polar surface area (TPSA) is 33.1 Å². The average molecular weight is 209 g/mol. The third kappa shape index (κ3) is 1.84. The van der Waals surface area contributed by atoms with Crippen molar-refractivity contribution in [3.63, 3.8) is 0 Å². The fourth-order valence-electron chi connectivity index (χ4n) is 0.809. The van der Waals surface area contributed by atoms with Crippen LogP contribution in [0, 0.1) is 5.82 Å². The Kier molecular flexibility index (Phi) is 2.49. The molecule has 1 aromatic rings. The van der Waals surface area contributed by atoms with Gasteiger partial charge in [-0.1, -0.05) is 0 Å². The highest BCUT2D eigenvalue weighted by Gasteiger charge is 2.52.